The van der Waals surface area contributed by atoms with Crippen molar-refractivity contribution in [2.24, 2.45) is 5.73 Å². The van der Waals surface area contributed by atoms with E-state index in [0.717, 1.165) is 35.9 Å². The third-order valence-corrected chi connectivity index (χ3v) is 6.44. The summed E-state index contributed by atoms with van der Waals surface area (Å²) in [6.45, 7) is 1.90. The number of hydrogen-bond donors (Lipinski definition) is 2. The zero-order valence-corrected chi connectivity index (χ0v) is 17.4. The van der Waals surface area contributed by atoms with Gasteiger partial charge in [0.15, 0.2) is 17.4 Å². The van der Waals surface area contributed by atoms with Crippen molar-refractivity contribution in [3.8, 4) is 11.1 Å². The fraction of sp³-hybridized carbons (Fsp3) is 0.348. The van der Waals surface area contributed by atoms with Gasteiger partial charge >= 0.3 is 0 Å². The standard InChI is InChI=1S/C23H23F2N5O2/c24-19-3-1-2-15(21(19)25)18-12-29-32-22(18)17-11-28-23-16(17)8-14(10-27-23)13-4-6-30(7-5-13)20(31)9-26/h1-3,8,10,12-13,17H,4-7,9,11,26H2,(H,27,28). The number of rotatable bonds is 4. The third kappa shape index (κ3) is 3.52. The Labute approximate surface area is 183 Å². The molecule has 5 rings (SSSR count). The number of piperidine rings is 1. The molecule has 0 bridgehead atoms. The largest absolute Gasteiger partial charge is 0.369 e. The van der Waals surface area contributed by atoms with Crippen LogP contribution in [0, 0.1) is 11.6 Å². The molecule has 7 nitrogen and oxygen atoms in total. The molecule has 4 heterocycles. The van der Waals surface area contributed by atoms with Crippen molar-refractivity contribution in [2.45, 2.75) is 24.7 Å². The topological polar surface area (TPSA) is 97.3 Å². The summed E-state index contributed by atoms with van der Waals surface area (Å²) < 4.78 is 33.8. The minimum Gasteiger partial charge on any atom is -0.369 e. The van der Waals surface area contributed by atoms with Crippen molar-refractivity contribution < 1.29 is 18.1 Å². The van der Waals surface area contributed by atoms with Gasteiger partial charge in [0.25, 0.3) is 0 Å². The summed E-state index contributed by atoms with van der Waals surface area (Å²) in [6.07, 6.45) is 4.97. The number of halogens is 2. The van der Waals surface area contributed by atoms with E-state index in [1.54, 1.807) is 4.90 Å². The lowest BCUT2D eigenvalue weighted by Gasteiger charge is -2.32. The molecule has 2 aliphatic heterocycles. The highest BCUT2D eigenvalue weighted by molar-refractivity contribution is 5.78. The van der Waals surface area contributed by atoms with E-state index >= 15 is 0 Å². The van der Waals surface area contributed by atoms with E-state index in [1.807, 2.05) is 6.20 Å². The molecular weight excluding hydrogens is 416 g/mol. The Morgan fingerprint density at radius 2 is 2.03 bits per heavy atom. The molecule has 1 aromatic carbocycles. The predicted octanol–water partition coefficient (Wildman–Crippen LogP) is 3.24. The normalized spacial score (nSPS) is 18.5. The number of carbonyl (C=O) groups is 1. The molecule has 1 unspecified atom stereocenters. The molecule has 1 atom stereocenters. The first kappa shape index (κ1) is 20.6. The molecule has 2 aromatic heterocycles. The van der Waals surface area contributed by atoms with Gasteiger partial charge in [0.2, 0.25) is 5.91 Å². The molecule has 9 heteroatoms. The average molecular weight is 439 g/mol. The highest BCUT2D eigenvalue weighted by Crippen LogP contribution is 2.41. The molecule has 166 valence electrons. The number of fused-ring (bicyclic) bond motifs is 1. The Kier molecular flexibility index (Phi) is 5.34. The van der Waals surface area contributed by atoms with Crippen molar-refractivity contribution in [3.05, 3.63) is 65.2 Å². The zero-order chi connectivity index (χ0) is 22.2. The van der Waals surface area contributed by atoms with E-state index in [0.29, 0.717) is 31.0 Å². The van der Waals surface area contributed by atoms with Gasteiger partial charge in [0, 0.05) is 42.5 Å². The lowest BCUT2D eigenvalue weighted by Crippen LogP contribution is -2.41. The number of pyridine rings is 1. The monoisotopic (exact) mass is 439 g/mol. The van der Waals surface area contributed by atoms with Crippen LogP contribution >= 0.6 is 0 Å². The van der Waals surface area contributed by atoms with Crippen LogP contribution in [-0.4, -0.2) is 47.1 Å². The summed E-state index contributed by atoms with van der Waals surface area (Å²) in [5.74, 6) is -0.582. The molecule has 1 saturated heterocycles. The summed E-state index contributed by atoms with van der Waals surface area (Å²) in [5, 5.41) is 7.14. The number of hydrogen-bond acceptors (Lipinski definition) is 6. The van der Waals surface area contributed by atoms with Crippen LogP contribution < -0.4 is 11.1 Å². The minimum absolute atomic E-state index is 0.0257. The summed E-state index contributed by atoms with van der Waals surface area (Å²) in [7, 11) is 0. The Morgan fingerprint density at radius 1 is 1.22 bits per heavy atom. The number of carbonyl (C=O) groups excluding carboxylic acids is 1. The lowest BCUT2D eigenvalue weighted by molar-refractivity contribution is -0.130. The summed E-state index contributed by atoms with van der Waals surface area (Å²) in [6, 6.07) is 6.17. The maximum Gasteiger partial charge on any atom is 0.236 e. The fourth-order valence-electron chi connectivity index (χ4n) is 4.68. The van der Waals surface area contributed by atoms with Crippen LogP contribution in [0.5, 0.6) is 0 Å². The van der Waals surface area contributed by atoms with Crippen molar-refractivity contribution in [2.75, 3.05) is 31.5 Å². The first-order valence-electron chi connectivity index (χ1n) is 10.7. The van der Waals surface area contributed by atoms with Crippen LogP contribution in [0.2, 0.25) is 0 Å². The number of nitrogens with zero attached hydrogens (tertiary/aromatic N) is 3. The van der Waals surface area contributed by atoms with Gasteiger partial charge < -0.3 is 20.5 Å². The fourth-order valence-corrected chi connectivity index (χ4v) is 4.68. The van der Waals surface area contributed by atoms with Crippen molar-refractivity contribution >= 4 is 11.7 Å². The molecule has 0 aliphatic carbocycles. The van der Waals surface area contributed by atoms with Gasteiger partial charge in [-0.3, -0.25) is 4.79 Å². The Balaban J connectivity index is 1.43. The van der Waals surface area contributed by atoms with Gasteiger partial charge in [-0.15, -0.1) is 0 Å². The zero-order valence-electron chi connectivity index (χ0n) is 17.4. The van der Waals surface area contributed by atoms with Gasteiger partial charge in [-0.2, -0.15) is 0 Å². The summed E-state index contributed by atoms with van der Waals surface area (Å²) >= 11 is 0. The highest BCUT2D eigenvalue weighted by Gasteiger charge is 2.33. The van der Waals surface area contributed by atoms with Crippen molar-refractivity contribution in [3.63, 3.8) is 0 Å². The Morgan fingerprint density at radius 3 is 2.81 bits per heavy atom. The first-order valence-corrected chi connectivity index (χ1v) is 10.7. The third-order valence-electron chi connectivity index (χ3n) is 6.44. The van der Waals surface area contributed by atoms with E-state index in [9.17, 15) is 13.6 Å². The van der Waals surface area contributed by atoms with Crippen LogP contribution in [0.4, 0.5) is 14.6 Å². The second-order valence-electron chi connectivity index (χ2n) is 8.20. The number of benzene rings is 1. The Bertz CT molecular complexity index is 1160. The maximum absolute atomic E-state index is 14.4. The molecule has 0 spiro atoms. The van der Waals surface area contributed by atoms with E-state index in [1.165, 1.54) is 18.3 Å². The average Bonchev–Trinajstić information content (AvgIpc) is 3.46. The number of anilines is 1. The van der Waals surface area contributed by atoms with Crippen LogP contribution in [0.15, 0.2) is 41.2 Å². The van der Waals surface area contributed by atoms with E-state index in [4.69, 9.17) is 10.3 Å². The number of aromatic nitrogens is 2. The van der Waals surface area contributed by atoms with Gasteiger partial charge in [-0.25, -0.2) is 13.8 Å². The highest BCUT2D eigenvalue weighted by atomic mass is 19.2. The van der Waals surface area contributed by atoms with Gasteiger partial charge in [-0.05, 0) is 36.5 Å². The van der Waals surface area contributed by atoms with Crippen molar-refractivity contribution in [1.29, 1.82) is 0 Å². The van der Waals surface area contributed by atoms with E-state index in [2.05, 4.69) is 21.5 Å². The quantitative estimate of drug-likeness (QED) is 0.648. The Hall–Kier alpha value is -3.33. The molecule has 3 N–H and O–H groups in total. The van der Waals surface area contributed by atoms with E-state index in [-0.39, 0.29) is 29.9 Å². The predicted molar refractivity (Wildman–Crippen MR) is 114 cm³/mol. The lowest BCUT2D eigenvalue weighted by atomic mass is 9.87. The molecule has 32 heavy (non-hydrogen) atoms. The molecule has 2 aliphatic rings. The first-order chi connectivity index (χ1) is 15.6. The number of amides is 1. The minimum atomic E-state index is -0.922. The van der Waals surface area contributed by atoms with Crippen LogP contribution in [-0.2, 0) is 4.79 Å². The molecule has 3 aromatic rings. The van der Waals surface area contributed by atoms with Gasteiger partial charge in [0.05, 0.1) is 18.7 Å². The molecule has 0 saturated carbocycles. The second kappa shape index (κ2) is 8.31. The molecule has 0 radical (unpaired) electrons. The molecular formula is C23H23F2N5O2. The second-order valence-corrected chi connectivity index (χ2v) is 8.20. The van der Waals surface area contributed by atoms with Crippen LogP contribution in [0.1, 0.15) is 41.6 Å². The van der Waals surface area contributed by atoms with Crippen LogP contribution in [0.3, 0.4) is 0 Å². The molecule has 1 amide bonds. The van der Waals surface area contributed by atoms with E-state index < -0.39 is 11.6 Å². The maximum atomic E-state index is 14.4. The summed E-state index contributed by atoms with van der Waals surface area (Å²) in [5.41, 5.74) is 8.06. The SMILES string of the molecule is NCC(=O)N1CCC(c2cnc3c(c2)C(c2oncc2-c2cccc(F)c2F)CN3)CC1. The molecule has 1 fully saturated rings. The number of nitrogens with one attached hydrogen (secondary N) is 1. The number of nitrogens with two attached hydrogens (primary N) is 1. The summed E-state index contributed by atoms with van der Waals surface area (Å²) in [4.78, 5) is 18.2. The van der Waals surface area contributed by atoms with Crippen molar-refractivity contribution in [1.82, 2.24) is 15.0 Å². The van der Waals surface area contributed by atoms with Gasteiger partial charge in [0.1, 0.15) is 5.82 Å². The van der Waals surface area contributed by atoms with Crippen LogP contribution in [0.25, 0.3) is 11.1 Å². The smallest absolute Gasteiger partial charge is 0.236 e. The number of likely N-dealkylation sites (tertiary alicyclic amines) is 1. The van der Waals surface area contributed by atoms with Gasteiger partial charge in [-0.1, -0.05) is 17.3 Å².